The van der Waals surface area contributed by atoms with Gasteiger partial charge < -0.3 is 5.32 Å². The molecule has 20 heavy (non-hydrogen) atoms. The highest BCUT2D eigenvalue weighted by Crippen LogP contribution is 2.26. The van der Waals surface area contributed by atoms with Crippen LogP contribution >= 0.6 is 0 Å². The number of anilines is 1. The van der Waals surface area contributed by atoms with Gasteiger partial charge in [0, 0.05) is 18.7 Å². The minimum absolute atomic E-state index is 0.127. The SMILES string of the molecule is CC(=O)Nc1cc(-c2ccccc2)cn2c(C)nnc12. The van der Waals surface area contributed by atoms with Crippen LogP contribution < -0.4 is 5.32 Å². The smallest absolute Gasteiger partial charge is 0.221 e. The van der Waals surface area contributed by atoms with E-state index < -0.39 is 0 Å². The van der Waals surface area contributed by atoms with E-state index in [1.807, 2.05) is 53.9 Å². The highest BCUT2D eigenvalue weighted by Gasteiger charge is 2.11. The van der Waals surface area contributed by atoms with Gasteiger partial charge in [-0.05, 0) is 18.6 Å². The van der Waals surface area contributed by atoms with Crippen molar-refractivity contribution in [3.63, 3.8) is 0 Å². The van der Waals surface area contributed by atoms with Crippen molar-refractivity contribution < 1.29 is 4.79 Å². The topological polar surface area (TPSA) is 59.3 Å². The minimum atomic E-state index is -0.127. The molecule has 0 spiro atoms. The molecule has 0 unspecified atom stereocenters. The number of nitrogens with one attached hydrogen (secondary N) is 1. The van der Waals surface area contributed by atoms with Crippen molar-refractivity contribution in [1.29, 1.82) is 0 Å². The van der Waals surface area contributed by atoms with Crippen molar-refractivity contribution in [1.82, 2.24) is 14.6 Å². The van der Waals surface area contributed by atoms with Gasteiger partial charge in [0.2, 0.25) is 5.91 Å². The molecule has 5 heteroatoms. The number of fused-ring (bicyclic) bond motifs is 1. The number of aromatic nitrogens is 3. The van der Waals surface area contributed by atoms with Crippen LogP contribution in [0.25, 0.3) is 16.8 Å². The molecule has 0 aliphatic rings. The van der Waals surface area contributed by atoms with E-state index in [2.05, 4.69) is 15.5 Å². The van der Waals surface area contributed by atoms with Crippen molar-refractivity contribution >= 4 is 17.2 Å². The number of rotatable bonds is 2. The maximum atomic E-state index is 11.3. The Morgan fingerprint density at radius 1 is 1.15 bits per heavy atom. The molecule has 2 aromatic heterocycles. The van der Waals surface area contributed by atoms with Crippen molar-refractivity contribution in [2.45, 2.75) is 13.8 Å². The summed E-state index contributed by atoms with van der Waals surface area (Å²) in [5.41, 5.74) is 3.40. The molecule has 1 aromatic carbocycles. The quantitative estimate of drug-likeness (QED) is 0.775. The van der Waals surface area contributed by atoms with E-state index in [1.54, 1.807) is 0 Å². The lowest BCUT2D eigenvalue weighted by atomic mass is 10.1. The molecule has 100 valence electrons. The second-order valence-corrected chi connectivity index (χ2v) is 4.63. The molecule has 0 saturated carbocycles. The summed E-state index contributed by atoms with van der Waals surface area (Å²) in [6.07, 6.45) is 1.98. The number of amides is 1. The van der Waals surface area contributed by atoms with E-state index in [0.717, 1.165) is 17.0 Å². The largest absolute Gasteiger partial charge is 0.323 e. The zero-order chi connectivity index (χ0) is 14.1. The summed E-state index contributed by atoms with van der Waals surface area (Å²) in [5, 5.41) is 11.0. The van der Waals surface area contributed by atoms with Crippen LogP contribution in [-0.4, -0.2) is 20.5 Å². The molecule has 0 radical (unpaired) electrons. The van der Waals surface area contributed by atoms with Gasteiger partial charge in [-0.15, -0.1) is 10.2 Å². The molecule has 0 saturated heterocycles. The van der Waals surface area contributed by atoms with Crippen LogP contribution in [0.4, 0.5) is 5.69 Å². The summed E-state index contributed by atoms with van der Waals surface area (Å²) in [6.45, 7) is 3.36. The number of nitrogens with zero attached hydrogens (tertiary/aromatic N) is 3. The zero-order valence-corrected chi connectivity index (χ0v) is 11.3. The summed E-state index contributed by atoms with van der Waals surface area (Å²) in [7, 11) is 0. The van der Waals surface area contributed by atoms with Crippen LogP contribution in [0.2, 0.25) is 0 Å². The summed E-state index contributed by atoms with van der Waals surface area (Å²) in [5.74, 6) is 0.655. The lowest BCUT2D eigenvalue weighted by Gasteiger charge is -2.08. The van der Waals surface area contributed by atoms with Crippen LogP contribution in [-0.2, 0) is 4.79 Å². The zero-order valence-electron chi connectivity index (χ0n) is 11.3. The summed E-state index contributed by atoms with van der Waals surface area (Å²) >= 11 is 0. The van der Waals surface area contributed by atoms with Gasteiger partial charge in [-0.1, -0.05) is 30.3 Å². The Kier molecular flexibility index (Phi) is 2.95. The lowest BCUT2D eigenvalue weighted by Crippen LogP contribution is -2.08. The Balaban J connectivity index is 2.24. The van der Waals surface area contributed by atoms with Crippen molar-refractivity contribution in [2.75, 3.05) is 5.32 Å². The van der Waals surface area contributed by atoms with Gasteiger partial charge in [0.1, 0.15) is 5.82 Å². The fourth-order valence-electron chi connectivity index (χ4n) is 2.17. The number of pyridine rings is 1. The molecule has 0 aliphatic carbocycles. The molecule has 0 aliphatic heterocycles. The van der Waals surface area contributed by atoms with E-state index in [1.165, 1.54) is 6.92 Å². The Bertz CT molecular complexity index is 777. The molecule has 5 nitrogen and oxygen atoms in total. The average Bonchev–Trinajstić information content (AvgIpc) is 2.81. The second-order valence-electron chi connectivity index (χ2n) is 4.63. The highest BCUT2D eigenvalue weighted by molar-refractivity contribution is 5.93. The number of carbonyl (C=O) groups excluding carboxylic acids is 1. The van der Waals surface area contributed by atoms with Gasteiger partial charge >= 0.3 is 0 Å². The van der Waals surface area contributed by atoms with E-state index in [0.29, 0.717) is 11.3 Å². The standard InChI is InChI=1S/C15H14N4O/c1-10-17-18-15-14(16-11(2)20)8-13(9-19(10)15)12-6-4-3-5-7-12/h3-9H,1-2H3,(H,16,20). The molecule has 3 rings (SSSR count). The van der Waals surface area contributed by atoms with Gasteiger partial charge in [-0.25, -0.2) is 0 Å². The molecule has 0 atom stereocenters. The van der Waals surface area contributed by atoms with Gasteiger partial charge in [0.15, 0.2) is 5.65 Å². The highest BCUT2D eigenvalue weighted by atomic mass is 16.1. The third-order valence-electron chi connectivity index (χ3n) is 3.09. The maximum absolute atomic E-state index is 11.3. The summed E-state index contributed by atoms with van der Waals surface area (Å²) < 4.78 is 1.88. The van der Waals surface area contributed by atoms with Crippen LogP contribution in [0.15, 0.2) is 42.6 Å². The van der Waals surface area contributed by atoms with Gasteiger partial charge in [-0.3, -0.25) is 9.20 Å². The maximum Gasteiger partial charge on any atom is 0.221 e. The summed E-state index contributed by atoms with van der Waals surface area (Å²) in [4.78, 5) is 11.3. The van der Waals surface area contributed by atoms with E-state index >= 15 is 0 Å². The first-order valence-corrected chi connectivity index (χ1v) is 6.33. The Labute approximate surface area is 116 Å². The first-order valence-electron chi connectivity index (χ1n) is 6.33. The van der Waals surface area contributed by atoms with Gasteiger partial charge in [0.25, 0.3) is 0 Å². The Morgan fingerprint density at radius 3 is 2.60 bits per heavy atom. The van der Waals surface area contributed by atoms with Crippen LogP contribution in [0.3, 0.4) is 0 Å². The second kappa shape index (κ2) is 4.77. The average molecular weight is 266 g/mol. The van der Waals surface area contributed by atoms with Gasteiger partial charge in [-0.2, -0.15) is 0 Å². The third-order valence-corrected chi connectivity index (χ3v) is 3.09. The normalized spacial score (nSPS) is 10.7. The fraction of sp³-hybridized carbons (Fsp3) is 0.133. The lowest BCUT2D eigenvalue weighted by molar-refractivity contribution is -0.114. The predicted molar refractivity (Wildman–Crippen MR) is 77.5 cm³/mol. The van der Waals surface area contributed by atoms with E-state index in [4.69, 9.17) is 0 Å². The molecule has 3 aromatic rings. The molecule has 0 bridgehead atoms. The molecule has 2 heterocycles. The molecular weight excluding hydrogens is 252 g/mol. The predicted octanol–water partition coefficient (Wildman–Crippen LogP) is 2.66. The first-order chi connectivity index (χ1) is 9.65. The van der Waals surface area contributed by atoms with Crippen LogP contribution in [0.1, 0.15) is 12.7 Å². The Hall–Kier alpha value is -2.69. The minimum Gasteiger partial charge on any atom is -0.323 e. The van der Waals surface area contributed by atoms with E-state index in [9.17, 15) is 4.79 Å². The van der Waals surface area contributed by atoms with Crippen molar-refractivity contribution in [3.8, 4) is 11.1 Å². The number of hydrogen-bond donors (Lipinski definition) is 1. The van der Waals surface area contributed by atoms with Crippen molar-refractivity contribution in [2.24, 2.45) is 0 Å². The van der Waals surface area contributed by atoms with Gasteiger partial charge in [0.05, 0.1) is 5.69 Å². The fourth-order valence-corrected chi connectivity index (χ4v) is 2.17. The number of aryl methyl sites for hydroxylation is 1. The van der Waals surface area contributed by atoms with Crippen molar-refractivity contribution in [3.05, 3.63) is 48.4 Å². The Morgan fingerprint density at radius 2 is 1.90 bits per heavy atom. The number of hydrogen-bond acceptors (Lipinski definition) is 3. The summed E-state index contributed by atoms with van der Waals surface area (Å²) in [6, 6.07) is 11.9. The monoisotopic (exact) mass is 266 g/mol. The third kappa shape index (κ3) is 2.14. The van der Waals surface area contributed by atoms with Crippen LogP contribution in [0.5, 0.6) is 0 Å². The number of benzene rings is 1. The first kappa shape index (κ1) is 12.3. The molecule has 1 amide bonds. The molecular formula is C15H14N4O. The molecule has 0 fully saturated rings. The van der Waals surface area contributed by atoms with Crippen LogP contribution in [0, 0.1) is 6.92 Å². The number of carbonyl (C=O) groups is 1. The van der Waals surface area contributed by atoms with E-state index in [-0.39, 0.29) is 5.91 Å². The molecule has 1 N–H and O–H groups in total.